The lowest BCUT2D eigenvalue weighted by molar-refractivity contribution is 0.100. The molecular weight excluding hydrogens is 297 g/mol. The van der Waals surface area contributed by atoms with Gasteiger partial charge in [-0.2, -0.15) is 0 Å². The zero-order chi connectivity index (χ0) is 9.42. The highest BCUT2D eigenvalue weighted by Crippen LogP contribution is 2.34. The van der Waals surface area contributed by atoms with Gasteiger partial charge in [-0.05, 0) is 59.4 Å². The van der Waals surface area contributed by atoms with E-state index in [9.17, 15) is 4.79 Å². The number of rotatable bonds is 1. The average Bonchev–Trinajstić information content (AvgIpc) is 2.45. The van der Waals surface area contributed by atoms with Crippen LogP contribution in [0.4, 0.5) is 0 Å². The van der Waals surface area contributed by atoms with Gasteiger partial charge in [-0.15, -0.1) is 11.3 Å². The van der Waals surface area contributed by atoms with E-state index in [4.69, 9.17) is 5.73 Å². The van der Waals surface area contributed by atoms with Crippen molar-refractivity contribution in [3.63, 3.8) is 0 Å². The Hall–Kier alpha value is -0.100. The highest BCUT2D eigenvalue weighted by Gasteiger charge is 2.21. The molecule has 0 radical (unpaired) electrons. The van der Waals surface area contributed by atoms with Crippen LogP contribution in [-0.4, -0.2) is 5.91 Å². The molecule has 2 nitrogen and oxygen atoms in total. The van der Waals surface area contributed by atoms with Crippen molar-refractivity contribution in [1.29, 1.82) is 0 Å². The maximum absolute atomic E-state index is 11.1. The first-order valence-electron chi connectivity index (χ1n) is 4.30. The predicted octanol–water partition coefficient (Wildman–Crippen LogP) is 2.33. The van der Waals surface area contributed by atoms with Crippen LogP contribution in [0.25, 0.3) is 0 Å². The van der Waals surface area contributed by atoms with Crippen molar-refractivity contribution < 1.29 is 4.79 Å². The maximum atomic E-state index is 11.1. The van der Waals surface area contributed by atoms with Crippen LogP contribution in [0.1, 0.15) is 33.6 Å². The highest BCUT2D eigenvalue weighted by molar-refractivity contribution is 14.1. The molecular formula is C9H10INOS. The number of amides is 1. The summed E-state index contributed by atoms with van der Waals surface area (Å²) in [6, 6.07) is 0. The SMILES string of the molecule is NC(=O)c1sc(I)c2c1CCCC2. The first-order chi connectivity index (χ1) is 6.20. The van der Waals surface area contributed by atoms with E-state index in [1.54, 1.807) is 11.3 Å². The van der Waals surface area contributed by atoms with Crippen molar-refractivity contribution in [1.82, 2.24) is 0 Å². The summed E-state index contributed by atoms with van der Waals surface area (Å²) in [5.41, 5.74) is 7.93. The van der Waals surface area contributed by atoms with Crippen LogP contribution in [0.15, 0.2) is 0 Å². The van der Waals surface area contributed by atoms with E-state index < -0.39 is 0 Å². The normalized spacial score (nSPS) is 15.5. The number of hydrogen-bond acceptors (Lipinski definition) is 2. The van der Waals surface area contributed by atoms with Crippen molar-refractivity contribution in [3.05, 3.63) is 18.9 Å². The first kappa shape index (κ1) is 9.45. The first-order valence-corrected chi connectivity index (χ1v) is 6.19. The molecule has 1 aliphatic carbocycles. The molecule has 1 amide bonds. The van der Waals surface area contributed by atoms with E-state index in [-0.39, 0.29) is 5.91 Å². The summed E-state index contributed by atoms with van der Waals surface area (Å²) >= 11 is 3.86. The Labute approximate surface area is 94.7 Å². The number of primary amides is 1. The summed E-state index contributed by atoms with van der Waals surface area (Å²) in [5, 5.41) is 0. The number of carbonyl (C=O) groups excluding carboxylic acids is 1. The quantitative estimate of drug-likeness (QED) is 0.795. The van der Waals surface area contributed by atoms with Crippen molar-refractivity contribution in [2.24, 2.45) is 5.73 Å². The average molecular weight is 307 g/mol. The third kappa shape index (κ3) is 1.61. The van der Waals surface area contributed by atoms with E-state index in [2.05, 4.69) is 22.6 Å². The maximum Gasteiger partial charge on any atom is 0.259 e. The van der Waals surface area contributed by atoms with Crippen LogP contribution in [0.2, 0.25) is 0 Å². The molecule has 70 valence electrons. The van der Waals surface area contributed by atoms with Crippen LogP contribution in [0.3, 0.4) is 0 Å². The topological polar surface area (TPSA) is 43.1 Å². The van der Waals surface area contributed by atoms with E-state index in [1.807, 2.05) is 0 Å². The van der Waals surface area contributed by atoms with Gasteiger partial charge in [0.15, 0.2) is 0 Å². The van der Waals surface area contributed by atoms with Gasteiger partial charge in [0, 0.05) is 0 Å². The second-order valence-electron chi connectivity index (χ2n) is 3.23. The minimum atomic E-state index is -0.258. The molecule has 4 heteroatoms. The van der Waals surface area contributed by atoms with Gasteiger partial charge in [0.25, 0.3) is 5.91 Å². The molecule has 0 aromatic carbocycles. The molecule has 0 spiro atoms. The van der Waals surface area contributed by atoms with Gasteiger partial charge in [0.1, 0.15) is 0 Å². The Morgan fingerprint density at radius 1 is 1.31 bits per heavy atom. The molecule has 0 fully saturated rings. The second-order valence-corrected chi connectivity index (χ2v) is 6.06. The monoisotopic (exact) mass is 307 g/mol. The Morgan fingerprint density at radius 3 is 2.54 bits per heavy atom. The predicted molar refractivity (Wildman–Crippen MR) is 62.2 cm³/mol. The fraction of sp³-hybridized carbons (Fsp3) is 0.444. The van der Waals surface area contributed by atoms with Gasteiger partial charge >= 0.3 is 0 Å². The molecule has 0 bridgehead atoms. The largest absolute Gasteiger partial charge is 0.365 e. The molecule has 1 aromatic rings. The fourth-order valence-corrected chi connectivity index (χ4v) is 4.02. The van der Waals surface area contributed by atoms with Crippen LogP contribution in [0, 0.1) is 2.88 Å². The second kappa shape index (κ2) is 3.57. The van der Waals surface area contributed by atoms with Gasteiger partial charge in [-0.3, -0.25) is 4.79 Å². The Bertz CT molecular complexity index is 359. The number of carbonyl (C=O) groups is 1. The van der Waals surface area contributed by atoms with Crippen molar-refractivity contribution in [2.45, 2.75) is 25.7 Å². The summed E-state index contributed by atoms with van der Waals surface area (Å²) in [7, 11) is 0. The zero-order valence-electron chi connectivity index (χ0n) is 7.10. The molecule has 0 saturated heterocycles. The number of fused-ring (bicyclic) bond motifs is 1. The number of nitrogens with two attached hydrogens (primary N) is 1. The van der Waals surface area contributed by atoms with Gasteiger partial charge in [-0.1, -0.05) is 0 Å². The molecule has 1 aromatic heterocycles. The third-order valence-electron chi connectivity index (χ3n) is 2.39. The third-order valence-corrected chi connectivity index (χ3v) is 4.78. The van der Waals surface area contributed by atoms with E-state index in [0.29, 0.717) is 0 Å². The Morgan fingerprint density at radius 2 is 1.92 bits per heavy atom. The van der Waals surface area contributed by atoms with Crippen LogP contribution in [0.5, 0.6) is 0 Å². The molecule has 13 heavy (non-hydrogen) atoms. The summed E-state index contributed by atoms with van der Waals surface area (Å²) in [5.74, 6) is -0.258. The lowest BCUT2D eigenvalue weighted by Gasteiger charge is -2.11. The van der Waals surface area contributed by atoms with E-state index in [1.165, 1.54) is 26.9 Å². The summed E-state index contributed by atoms with van der Waals surface area (Å²) in [4.78, 5) is 11.9. The smallest absolute Gasteiger partial charge is 0.259 e. The lowest BCUT2D eigenvalue weighted by atomic mass is 9.94. The molecule has 0 unspecified atom stereocenters. The molecule has 0 saturated carbocycles. The van der Waals surface area contributed by atoms with Crippen molar-refractivity contribution >= 4 is 39.8 Å². The van der Waals surface area contributed by atoms with Gasteiger partial charge in [0.05, 0.1) is 7.76 Å². The minimum Gasteiger partial charge on any atom is -0.365 e. The Kier molecular flexibility index (Phi) is 2.60. The minimum absolute atomic E-state index is 0.258. The van der Waals surface area contributed by atoms with Crippen LogP contribution in [-0.2, 0) is 12.8 Å². The van der Waals surface area contributed by atoms with Gasteiger partial charge in [-0.25, -0.2) is 0 Å². The fourth-order valence-electron chi connectivity index (χ4n) is 1.78. The zero-order valence-corrected chi connectivity index (χ0v) is 10.1. The van der Waals surface area contributed by atoms with E-state index >= 15 is 0 Å². The summed E-state index contributed by atoms with van der Waals surface area (Å²) < 4.78 is 1.25. The molecule has 2 rings (SSSR count). The van der Waals surface area contributed by atoms with Gasteiger partial charge < -0.3 is 5.73 Å². The molecule has 1 heterocycles. The standard InChI is InChI=1S/C9H10INOS/c10-8-6-4-2-1-3-5(6)7(13-8)9(11)12/h1-4H2,(H2,11,12). The van der Waals surface area contributed by atoms with Gasteiger partial charge in [0.2, 0.25) is 0 Å². The lowest BCUT2D eigenvalue weighted by Crippen LogP contribution is -2.13. The molecule has 1 aliphatic rings. The molecule has 0 aliphatic heterocycles. The summed E-state index contributed by atoms with van der Waals surface area (Å²) in [6.45, 7) is 0. The molecule has 2 N–H and O–H groups in total. The van der Waals surface area contributed by atoms with Crippen molar-refractivity contribution in [2.75, 3.05) is 0 Å². The van der Waals surface area contributed by atoms with Crippen LogP contribution < -0.4 is 5.73 Å². The highest BCUT2D eigenvalue weighted by atomic mass is 127. The number of thiophene rings is 1. The molecule has 0 atom stereocenters. The Balaban J connectivity index is 2.53. The number of halogens is 1. The summed E-state index contributed by atoms with van der Waals surface area (Å²) in [6.07, 6.45) is 4.60. The number of hydrogen-bond donors (Lipinski definition) is 1. The van der Waals surface area contributed by atoms with Crippen molar-refractivity contribution in [3.8, 4) is 0 Å². The van der Waals surface area contributed by atoms with Crippen LogP contribution >= 0.6 is 33.9 Å². The van der Waals surface area contributed by atoms with E-state index in [0.717, 1.165) is 17.7 Å².